The van der Waals surface area contributed by atoms with Gasteiger partial charge in [0.05, 0.1) is 0 Å². The zero-order chi connectivity index (χ0) is 12.1. The standard InChI is InChI=1S/C9H10N2O5/c12-7(13)4-11(5-8(14)15)9(16)6-2-1-3-10-6/h1-3,10H,4-5H2,(H,12,13)(H,14,15). The van der Waals surface area contributed by atoms with Crippen molar-refractivity contribution in [2.24, 2.45) is 0 Å². The van der Waals surface area contributed by atoms with E-state index in [4.69, 9.17) is 10.2 Å². The Kier molecular flexibility index (Phi) is 3.65. The molecule has 7 heteroatoms. The third-order valence-electron chi connectivity index (χ3n) is 1.77. The molecule has 0 spiro atoms. The predicted molar refractivity (Wildman–Crippen MR) is 52.0 cm³/mol. The molecule has 86 valence electrons. The van der Waals surface area contributed by atoms with Crippen molar-refractivity contribution in [2.75, 3.05) is 13.1 Å². The van der Waals surface area contributed by atoms with Gasteiger partial charge in [-0.15, -0.1) is 0 Å². The second-order valence-electron chi connectivity index (χ2n) is 3.03. The van der Waals surface area contributed by atoms with Crippen LogP contribution >= 0.6 is 0 Å². The lowest BCUT2D eigenvalue weighted by Gasteiger charge is -2.17. The number of aromatic amines is 1. The summed E-state index contributed by atoms with van der Waals surface area (Å²) in [7, 11) is 0. The number of carboxylic acid groups (broad SMARTS) is 2. The number of nitrogens with one attached hydrogen (secondary N) is 1. The number of aromatic nitrogens is 1. The van der Waals surface area contributed by atoms with Crippen LogP contribution in [-0.4, -0.2) is 51.0 Å². The molecule has 1 rings (SSSR count). The van der Waals surface area contributed by atoms with Gasteiger partial charge in [0.15, 0.2) is 0 Å². The summed E-state index contributed by atoms with van der Waals surface area (Å²) >= 11 is 0. The average molecular weight is 226 g/mol. The molecule has 0 aromatic carbocycles. The van der Waals surface area contributed by atoms with Crippen LogP contribution in [-0.2, 0) is 9.59 Å². The normalized spacial score (nSPS) is 9.75. The van der Waals surface area contributed by atoms with Crippen molar-refractivity contribution in [1.29, 1.82) is 0 Å². The maximum absolute atomic E-state index is 11.6. The van der Waals surface area contributed by atoms with Crippen LogP contribution in [0.25, 0.3) is 0 Å². The van der Waals surface area contributed by atoms with Gasteiger partial charge < -0.3 is 20.1 Å². The molecule has 0 radical (unpaired) electrons. The minimum atomic E-state index is -1.26. The van der Waals surface area contributed by atoms with Gasteiger partial charge in [-0.3, -0.25) is 14.4 Å². The maximum Gasteiger partial charge on any atom is 0.323 e. The predicted octanol–water partition coefficient (Wildman–Crippen LogP) is -0.374. The number of nitrogens with zero attached hydrogens (tertiary/aromatic N) is 1. The van der Waals surface area contributed by atoms with Crippen LogP contribution in [0.4, 0.5) is 0 Å². The summed E-state index contributed by atoms with van der Waals surface area (Å²) in [6.07, 6.45) is 1.49. The molecule has 0 saturated carbocycles. The van der Waals surface area contributed by atoms with Gasteiger partial charge in [-0.05, 0) is 12.1 Å². The first kappa shape index (κ1) is 11.8. The van der Waals surface area contributed by atoms with Crippen LogP contribution in [0.2, 0.25) is 0 Å². The first-order valence-electron chi connectivity index (χ1n) is 4.37. The summed E-state index contributed by atoms with van der Waals surface area (Å²) < 4.78 is 0. The van der Waals surface area contributed by atoms with Crippen LogP contribution < -0.4 is 0 Å². The van der Waals surface area contributed by atoms with Crippen molar-refractivity contribution in [3.63, 3.8) is 0 Å². The smallest absolute Gasteiger partial charge is 0.323 e. The lowest BCUT2D eigenvalue weighted by Crippen LogP contribution is -2.39. The van der Waals surface area contributed by atoms with Gasteiger partial charge in [0.2, 0.25) is 0 Å². The van der Waals surface area contributed by atoms with E-state index in [2.05, 4.69) is 4.98 Å². The summed E-state index contributed by atoms with van der Waals surface area (Å²) in [6, 6.07) is 3.01. The molecule has 0 saturated heterocycles. The van der Waals surface area contributed by atoms with Crippen molar-refractivity contribution in [3.05, 3.63) is 24.0 Å². The highest BCUT2D eigenvalue weighted by Gasteiger charge is 2.21. The van der Waals surface area contributed by atoms with Crippen LogP contribution in [0.3, 0.4) is 0 Å². The zero-order valence-electron chi connectivity index (χ0n) is 8.21. The van der Waals surface area contributed by atoms with E-state index >= 15 is 0 Å². The number of hydrogen-bond acceptors (Lipinski definition) is 3. The van der Waals surface area contributed by atoms with E-state index in [1.165, 1.54) is 12.3 Å². The van der Waals surface area contributed by atoms with E-state index in [0.29, 0.717) is 0 Å². The molecule has 1 amide bonds. The van der Waals surface area contributed by atoms with Crippen molar-refractivity contribution in [1.82, 2.24) is 9.88 Å². The number of carbonyl (C=O) groups excluding carboxylic acids is 1. The molecule has 0 atom stereocenters. The summed E-state index contributed by atoms with van der Waals surface area (Å²) in [5.74, 6) is -3.18. The Labute approximate surface area is 90.3 Å². The third kappa shape index (κ3) is 3.12. The molecule has 0 aliphatic heterocycles. The first-order chi connectivity index (χ1) is 7.50. The number of aliphatic carboxylic acids is 2. The number of H-pyrrole nitrogens is 1. The molecule has 1 aromatic heterocycles. The molecular formula is C9H10N2O5. The van der Waals surface area contributed by atoms with Crippen LogP contribution in [0, 0.1) is 0 Å². The largest absolute Gasteiger partial charge is 0.480 e. The molecule has 0 aliphatic rings. The lowest BCUT2D eigenvalue weighted by molar-refractivity contribution is -0.140. The van der Waals surface area contributed by atoms with E-state index in [0.717, 1.165) is 4.90 Å². The van der Waals surface area contributed by atoms with Crippen molar-refractivity contribution < 1.29 is 24.6 Å². The highest BCUT2D eigenvalue weighted by molar-refractivity contribution is 5.95. The van der Waals surface area contributed by atoms with Gasteiger partial charge in [0.25, 0.3) is 5.91 Å². The molecule has 1 aromatic rings. The molecule has 0 fully saturated rings. The Hall–Kier alpha value is -2.31. The molecule has 0 aliphatic carbocycles. The van der Waals surface area contributed by atoms with Crippen LogP contribution in [0.5, 0.6) is 0 Å². The van der Waals surface area contributed by atoms with E-state index in [9.17, 15) is 14.4 Å². The fraction of sp³-hybridized carbons (Fsp3) is 0.222. The summed E-state index contributed by atoms with van der Waals surface area (Å²) in [6.45, 7) is -1.30. The Bertz CT molecular complexity index is 382. The van der Waals surface area contributed by atoms with Gasteiger partial charge in [0, 0.05) is 6.20 Å². The fourth-order valence-electron chi connectivity index (χ4n) is 1.16. The highest BCUT2D eigenvalue weighted by Crippen LogP contribution is 2.01. The second-order valence-corrected chi connectivity index (χ2v) is 3.03. The van der Waals surface area contributed by atoms with Crippen molar-refractivity contribution in [2.45, 2.75) is 0 Å². The highest BCUT2D eigenvalue weighted by atomic mass is 16.4. The number of rotatable bonds is 5. The second kappa shape index (κ2) is 4.96. The molecule has 0 bridgehead atoms. The molecule has 16 heavy (non-hydrogen) atoms. The van der Waals surface area contributed by atoms with Crippen LogP contribution in [0.1, 0.15) is 10.5 Å². The van der Waals surface area contributed by atoms with E-state index in [1.54, 1.807) is 6.07 Å². The zero-order valence-corrected chi connectivity index (χ0v) is 8.21. The van der Waals surface area contributed by atoms with Crippen LogP contribution in [0.15, 0.2) is 18.3 Å². The maximum atomic E-state index is 11.6. The number of amides is 1. The Balaban J connectivity index is 2.79. The monoisotopic (exact) mass is 226 g/mol. The van der Waals surface area contributed by atoms with Gasteiger partial charge in [-0.2, -0.15) is 0 Å². The third-order valence-corrected chi connectivity index (χ3v) is 1.77. The fourth-order valence-corrected chi connectivity index (χ4v) is 1.16. The van der Waals surface area contributed by atoms with Crippen molar-refractivity contribution in [3.8, 4) is 0 Å². The van der Waals surface area contributed by atoms with E-state index in [-0.39, 0.29) is 5.69 Å². The molecule has 7 nitrogen and oxygen atoms in total. The molecule has 3 N–H and O–H groups in total. The minimum absolute atomic E-state index is 0.155. The molecule has 0 unspecified atom stereocenters. The van der Waals surface area contributed by atoms with E-state index < -0.39 is 30.9 Å². The Morgan fingerprint density at radius 1 is 1.19 bits per heavy atom. The van der Waals surface area contributed by atoms with Gasteiger partial charge in [0.1, 0.15) is 18.8 Å². The van der Waals surface area contributed by atoms with Gasteiger partial charge in [-0.1, -0.05) is 0 Å². The van der Waals surface area contributed by atoms with Gasteiger partial charge >= 0.3 is 11.9 Å². The Morgan fingerprint density at radius 3 is 2.12 bits per heavy atom. The number of carbonyl (C=O) groups is 3. The summed E-state index contributed by atoms with van der Waals surface area (Å²) in [4.78, 5) is 35.9. The van der Waals surface area contributed by atoms with Gasteiger partial charge in [-0.25, -0.2) is 0 Å². The lowest BCUT2D eigenvalue weighted by atomic mass is 10.3. The first-order valence-corrected chi connectivity index (χ1v) is 4.37. The molecular weight excluding hydrogens is 216 g/mol. The molecule has 1 heterocycles. The quantitative estimate of drug-likeness (QED) is 0.634. The minimum Gasteiger partial charge on any atom is -0.480 e. The number of hydrogen-bond donors (Lipinski definition) is 3. The topological polar surface area (TPSA) is 111 Å². The van der Waals surface area contributed by atoms with E-state index in [1.807, 2.05) is 0 Å². The average Bonchev–Trinajstić information content (AvgIpc) is 2.66. The Morgan fingerprint density at radius 2 is 1.75 bits per heavy atom. The number of carboxylic acids is 2. The summed E-state index contributed by atoms with van der Waals surface area (Å²) in [5, 5.41) is 17.1. The van der Waals surface area contributed by atoms with Crippen molar-refractivity contribution >= 4 is 17.8 Å². The SMILES string of the molecule is O=C(O)CN(CC(=O)O)C(=O)c1ccc[nH]1. The summed E-state index contributed by atoms with van der Waals surface area (Å²) in [5.41, 5.74) is 0.155.